The number of rotatable bonds is 3. The highest BCUT2D eigenvalue weighted by Crippen LogP contribution is 2.38. The molecule has 2 fully saturated rings. The van der Waals surface area contributed by atoms with Gasteiger partial charge in [-0.2, -0.15) is 11.8 Å². The Kier molecular flexibility index (Phi) is 4.06. The molecule has 1 aliphatic heterocycles. The summed E-state index contributed by atoms with van der Waals surface area (Å²) < 4.78 is 39.9. The average molecular weight is 315 g/mol. The van der Waals surface area contributed by atoms with Crippen molar-refractivity contribution in [1.82, 2.24) is 4.31 Å². The number of nitrogens with zero attached hydrogens (tertiary/aromatic N) is 1. The molecule has 1 heterocycles. The zero-order chi connectivity index (χ0) is 14.2. The van der Waals surface area contributed by atoms with Crippen molar-refractivity contribution in [1.29, 1.82) is 0 Å². The molecule has 0 N–H and O–H groups in total. The van der Waals surface area contributed by atoms with Crippen molar-refractivity contribution in [3.05, 3.63) is 35.6 Å². The molecule has 110 valence electrons. The summed E-state index contributed by atoms with van der Waals surface area (Å²) in [4.78, 5) is 0. The van der Waals surface area contributed by atoms with Crippen LogP contribution in [0.5, 0.6) is 0 Å². The zero-order valence-corrected chi connectivity index (χ0v) is 12.8. The summed E-state index contributed by atoms with van der Waals surface area (Å²) >= 11 is 1.66. The molecule has 1 saturated carbocycles. The lowest BCUT2D eigenvalue weighted by Gasteiger charge is -2.19. The van der Waals surface area contributed by atoms with E-state index in [2.05, 4.69) is 0 Å². The van der Waals surface area contributed by atoms with Gasteiger partial charge in [0.2, 0.25) is 10.0 Å². The minimum absolute atomic E-state index is 0.0515. The molecule has 6 heteroatoms. The first-order valence-electron chi connectivity index (χ1n) is 6.94. The van der Waals surface area contributed by atoms with Crippen molar-refractivity contribution in [3.63, 3.8) is 0 Å². The molecular weight excluding hydrogens is 297 g/mol. The summed E-state index contributed by atoms with van der Waals surface area (Å²) in [6, 6.07) is 6.80. The summed E-state index contributed by atoms with van der Waals surface area (Å²) in [5, 5.41) is -0.104. The second-order valence-corrected chi connectivity index (χ2v) is 8.84. The lowest BCUT2D eigenvalue weighted by molar-refractivity contribution is 0.426. The Bertz CT molecular complexity index is 587. The number of thioether (sulfide) groups is 1. The molecule has 1 aromatic rings. The lowest BCUT2D eigenvalue weighted by atomic mass is 10.1. The van der Waals surface area contributed by atoms with Gasteiger partial charge in [0.05, 0.1) is 5.25 Å². The predicted octanol–water partition coefficient (Wildman–Crippen LogP) is 2.80. The normalized spacial score (nSPS) is 25.4. The molecule has 1 saturated heterocycles. The zero-order valence-electron chi connectivity index (χ0n) is 11.2. The quantitative estimate of drug-likeness (QED) is 0.861. The third-order valence-corrected chi connectivity index (χ3v) is 7.57. The molecule has 0 spiro atoms. The van der Waals surface area contributed by atoms with Crippen molar-refractivity contribution < 1.29 is 12.8 Å². The number of benzene rings is 1. The second kappa shape index (κ2) is 5.66. The summed E-state index contributed by atoms with van der Waals surface area (Å²) in [7, 11) is -3.10. The molecular formula is C14H18FNO2S2. The van der Waals surface area contributed by atoms with Gasteiger partial charge in [-0.15, -0.1) is 0 Å². The fourth-order valence-corrected chi connectivity index (χ4v) is 5.79. The van der Waals surface area contributed by atoms with Crippen LogP contribution in [0.4, 0.5) is 4.39 Å². The van der Waals surface area contributed by atoms with E-state index in [4.69, 9.17) is 0 Å². The van der Waals surface area contributed by atoms with E-state index in [9.17, 15) is 12.8 Å². The van der Waals surface area contributed by atoms with Crippen molar-refractivity contribution >= 4 is 21.8 Å². The van der Waals surface area contributed by atoms with Crippen LogP contribution in [0.1, 0.15) is 30.1 Å². The molecule has 0 radical (unpaired) electrons. The minimum Gasteiger partial charge on any atom is -0.212 e. The van der Waals surface area contributed by atoms with Gasteiger partial charge in [-0.25, -0.2) is 17.1 Å². The molecule has 1 aromatic carbocycles. The van der Waals surface area contributed by atoms with Crippen LogP contribution in [-0.4, -0.2) is 36.8 Å². The van der Waals surface area contributed by atoms with Gasteiger partial charge in [0.15, 0.2) is 0 Å². The monoisotopic (exact) mass is 315 g/mol. The lowest BCUT2D eigenvalue weighted by Crippen LogP contribution is -2.35. The van der Waals surface area contributed by atoms with E-state index in [1.807, 2.05) is 6.07 Å². The van der Waals surface area contributed by atoms with Crippen molar-refractivity contribution in [3.8, 4) is 0 Å². The molecule has 3 nitrogen and oxygen atoms in total. The van der Waals surface area contributed by atoms with Crippen LogP contribution in [0.3, 0.4) is 0 Å². The SMILES string of the molecule is O=S(=O)(C1CC1)N1CCSC(c2ccccc2F)CC1. The Morgan fingerprint density at radius 3 is 2.60 bits per heavy atom. The summed E-state index contributed by atoms with van der Waals surface area (Å²) in [6.07, 6.45) is 2.27. The Balaban J connectivity index is 1.73. The number of sulfonamides is 1. The maximum absolute atomic E-state index is 13.8. The van der Waals surface area contributed by atoms with E-state index in [1.54, 1.807) is 28.2 Å². The number of hydrogen-bond acceptors (Lipinski definition) is 3. The minimum atomic E-state index is -3.10. The van der Waals surface area contributed by atoms with Crippen molar-refractivity contribution in [2.24, 2.45) is 0 Å². The van der Waals surface area contributed by atoms with E-state index < -0.39 is 10.0 Å². The third kappa shape index (κ3) is 2.87. The fraction of sp³-hybridized carbons (Fsp3) is 0.571. The Hall–Kier alpha value is -0.590. The van der Waals surface area contributed by atoms with E-state index in [-0.39, 0.29) is 16.3 Å². The van der Waals surface area contributed by atoms with E-state index in [0.29, 0.717) is 25.1 Å². The number of halogens is 1. The van der Waals surface area contributed by atoms with Gasteiger partial charge in [-0.1, -0.05) is 18.2 Å². The number of hydrogen-bond donors (Lipinski definition) is 0. The van der Waals surface area contributed by atoms with Crippen LogP contribution in [0.15, 0.2) is 24.3 Å². The molecule has 2 aliphatic rings. The van der Waals surface area contributed by atoms with Gasteiger partial charge < -0.3 is 0 Å². The van der Waals surface area contributed by atoms with Gasteiger partial charge in [0, 0.05) is 29.7 Å². The average Bonchev–Trinajstić information content (AvgIpc) is 3.26. The third-order valence-electron chi connectivity index (χ3n) is 3.86. The van der Waals surface area contributed by atoms with Crippen LogP contribution in [0, 0.1) is 5.82 Å². The predicted molar refractivity (Wildman–Crippen MR) is 79.7 cm³/mol. The smallest absolute Gasteiger partial charge is 0.212 e. The molecule has 0 bridgehead atoms. The Morgan fingerprint density at radius 2 is 1.90 bits per heavy atom. The topological polar surface area (TPSA) is 37.4 Å². The molecule has 1 atom stereocenters. The van der Waals surface area contributed by atoms with Gasteiger partial charge in [-0.05, 0) is 25.3 Å². The molecule has 3 rings (SSSR count). The second-order valence-electron chi connectivity index (χ2n) is 5.31. The summed E-state index contributed by atoms with van der Waals surface area (Å²) in [6.45, 7) is 1.05. The maximum Gasteiger partial charge on any atom is 0.217 e. The molecule has 1 unspecified atom stereocenters. The van der Waals surface area contributed by atoms with Crippen LogP contribution < -0.4 is 0 Å². The fourth-order valence-electron chi connectivity index (χ4n) is 2.57. The highest BCUT2D eigenvalue weighted by atomic mass is 32.2. The largest absolute Gasteiger partial charge is 0.217 e. The summed E-state index contributed by atoms with van der Waals surface area (Å²) in [5.74, 6) is 0.536. The first-order valence-corrected chi connectivity index (χ1v) is 9.49. The Labute approximate surface area is 123 Å². The van der Waals surface area contributed by atoms with Crippen LogP contribution in [-0.2, 0) is 10.0 Å². The van der Waals surface area contributed by atoms with E-state index in [0.717, 1.165) is 18.6 Å². The first kappa shape index (κ1) is 14.4. The van der Waals surface area contributed by atoms with Gasteiger partial charge in [-0.3, -0.25) is 0 Å². The van der Waals surface area contributed by atoms with Crippen LogP contribution in [0.25, 0.3) is 0 Å². The maximum atomic E-state index is 13.8. The molecule has 0 aromatic heterocycles. The molecule has 20 heavy (non-hydrogen) atoms. The van der Waals surface area contributed by atoms with Crippen molar-refractivity contribution in [2.45, 2.75) is 29.8 Å². The van der Waals surface area contributed by atoms with Gasteiger partial charge in [0.1, 0.15) is 5.82 Å². The highest BCUT2D eigenvalue weighted by molar-refractivity contribution is 7.99. The van der Waals surface area contributed by atoms with E-state index in [1.165, 1.54) is 6.07 Å². The first-order chi connectivity index (χ1) is 9.59. The summed E-state index contributed by atoms with van der Waals surface area (Å²) in [5.41, 5.74) is 0.697. The van der Waals surface area contributed by atoms with Crippen LogP contribution in [0.2, 0.25) is 0 Å². The standard InChI is InChI=1S/C14H18FNO2S2/c15-13-4-2-1-3-12(13)14-7-8-16(9-10-19-14)20(17,18)11-5-6-11/h1-4,11,14H,5-10H2. The van der Waals surface area contributed by atoms with Crippen molar-refractivity contribution in [2.75, 3.05) is 18.8 Å². The Morgan fingerprint density at radius 1 is 1.15 bits per heavy atom. The van der Waals surface area contributed by atoms with Gasteiger partial charge >= 0.3 is 0 Å². The van der Waals surface area contributed by atoms with Crippen LogP contribution >= 0.6 is 11.8 Å². The molecule has 1 aliphatic carbocycles. The van der Waals surface area contributed by atoms with E-state index >= 15 is 0 Å². The van der Waals surface area contributed by atoms with Gasteiger partial charge in [0.25, 0.3) is 0 Å². The molecule has 0 amide bonds. The highest BCUT2D eigenvalue weighted by Gasteiger charge is 2.40.